The Balaban J connectivity index is 0.00000225. The molecular weight excluding hydrogens is 431 g/mol. The van der Waals surface area contributed by atoms with E-state index in [0.717, 1.165) is 11.3 Å². The third-order valence-electron chi connectivity index (χ3n) is 5.49. The minimum absolute atomic E-state index is 0. The number of nitrogens with one attached hydrogen (secondary N) is 1. The summed E-state index contributed by atoms with van der Waals surface area (Å²) in [6, 6.07) is 0.479. The second kappa shape index (κ2) is 8.37. The number of aliphatic imine (C=N–C) groups is 1. The van der Waals surface area contributed by atoms with Crippen molar-refractivity contribution in [2.24, 2.45) is 23.7 Å². The molecule has 1 amide bonds. The van der Waals surface area contributed by atoms with Gasteiger partial charge in [0.15, 0.2) is 5.96 Å². The number of nitrogens with two attached hydrogens (primary N) is 1. The zero-order valence-corrected chi connectivity index (χ0v) is 17.6. The highest BCUT2D eigenvalue weighted by atomic mass is 127. The fraction of sp³-hybridized carbons (Fsp3) is 0.706. The quantitative estimate of drug-likeness (QED) is 0.407. The second-order valence-corrected chi connectivity index (χ2v) is 7.07. The molecule has 0 aromatic carbocycles. The third kappa shape index (κ3) is 4.27. The number of halogens is 1. The van der Waals surface area contributed by atoms with Crippen LogP contribution in [0.5, 0.6) is 0 Å². The fourth-order valence-electron chi connectivity index (χ4n) is 3.92. The number of rotatable bonds is 4. The van der Waals surface area contributed by atoms with Crippen molar-refractivity contribution in [1.82, 2.24) is 20.0 Å². The largest absolute Gasteiger partial charge is 0.370 e. The highest BCUT2D eigenvalue weighted by Gasteiger charge is 2.39. The van der Waals surface area contributed by atoms with Gasteiger partial charge in [0.1, 0.15) is 0 Å². The summed E-state index contributed by atoms with van der Waals surface area (Å²) >= 11 is 0. The summed E-state index contributed by atoms with van der Waals surface area (Å²) in [6.07, 6.45) is 7.23. The standard InChI is InChI=1S/C17H28N6O.HI/c1-11-14(10-20-23(11)3)16-12(8-15(24)22(16)2)9-19-17(18)21-13-6-4-5-7-13;/h10,12-13,16H,4-9H2,1-3H3,(H3,18,19,21);1H/t12-,16+;/m0./s1. The van der Waals surface area contributed by atoms with E-state index in [4.69, 9.17) is 5.73 Å². The third-order valence-corrected chi connectivity index (χ3v) is 5.49. The first kappa shape index (κ1) is 20.0. The molecule has 2 heterocycles. The van der Waals surface area contributed by atoms with Crippen molar-refractivity contribution in [2.75, 3.05) is 13.6 Å². The van der Waals surface area contributed by atoms with E-state index in [2.05, 4.69) is 15.4 Å². The zero-order chi connectivity index (χ0) is 17.3. The average molecular weight is 460 g/mol. The number of carbonyl (C=O) groups is 1. The summed E-state index contributed by atoms with van der Waals surface area (Å²) in [5, 5.41) is 7.63. The molecule has 2 atom stereocenters. The number of hydrogen-bond donors (Lipinski definition) is 2. The first-order chi connectivity index (χ1) is 11.5. The van der Waals surface area contributed by atoms with Gasteiger partial charge in [-0.15, -0.1) is 24.0 Å². The molecular formula is C17H29IN6O. The van der Waals surface area contributed by atoms with Gasteiger partial charge in [-0.05, 0) is 19.8 Å². The molecule has 2 aliphatic rings. The Morgan fingerprint density at radius 2 is 2.08 bits per heavy atom. The number of aryl methyl sites for hydroxylation is 1. The van der Waals surface area contributed by atoms with Crippen molar-refractivity contribution in [3.8, 4) is 0 Å². The first-order valence-electron chi connectivity index (χ1n) is 8.78. The summed E-state index contributed by atoms with van der Waals surface area (Å²) in [5.41, 5.74) is 8.24. The van der Waals surface area contributed by atoms with Gasteiger partial charge in [0.25, 0.3) is 0 Å². The van der Waals surface area contributed by atoms with Crippen LogP contribution in [0.15, 0.2) is 11.2 Å². The smallest absolute Gasteiger partial charge is 0.223 e. The van der Waals surface area contributed by atoms with E-state index in [9.17, 15) is 4.79 Å². The van der Waals surface area contributed by atoms with Gasteiger partial charge in [-0.1, -0.05) is 12.8 Å². The van der Waals surface area contributed by atoms with Crippen molar-refractivity contribution in [1.29, 1.82) is 0 Å². The van der Waals surface area contributed by atoms with Crippen LogP contribution >= 0.6 is 24.0 Å². The molecule has 0 radical (unpaired) electrons. The van der Waals surface area contributed by atoms with Gasteiger partial charge in [-0.25, -0.2) is 0 Å². The van der Waals surface area contributed by atoms with Crippen LogP contribution in [0.3, 0.4) is 0 Å². The highest BCUT2D eigenvalue weighted by molar-refractivity contribution is 14.0. The predicted molar refractivity (Wildman–Crippen MR) is 109 cm³/mol. The minimum atomic E-state index is 0. The van der Waals surface area contributed by atoms with Crippen molar-refractivity contribution >= 4 is 35.8 Å². The molecule has 3 N–H and O–H groups in total. The van der Waals surface area contributed by atoms with Gasteiger partial charge in [0, 0.05) is 50.3 Å². The Labute approximate surface area is 166 Å². The average Bonchev–Trinajstić information content (AvgIpc) is 3.23. The normalized spacial score (nSPS) is 24.7. The molecule has 3 rings (SSSR count). The molecule has 0 bridgehead atoms. The highest BCUT2D eigenvalue weighted by Crippen LogP contribution is 2.38. The first-order valence-corrected chi connectivity index (χ1v) is 8.78. The number of carbonyl (C=O) groups excluding carboxylic acids is 1. The molecule has 1 aromatic heterocycles. The Morgan fingerprint density at radius 1 is 1.40 bits per heavy atom. The van der Waals surface area contributed by atoms with Crippen molar-refractivity contribution in [3.63, 3.8) is 0 Å². The number of aromatic nitrogens is 2. The molecule has 0 spiro atoms. The monoisotopic (exact) mass is 460 g/mol. The summed E-state index contributed by atoms with van der Waals surface area (Å²) < 4.78 is 1.85. The lowest BCUT2D eigenvalue weighted by molar-refractivity contribution is -0.127. The van der Waals surface area contributed by atoms with E-state index in [1.54, 1.807) is 0 Å². The van der Waals surface area contributed by atoms with E-state index >= 15 is 0 Å². The van der Waals surface area contributed by atoms with Crippen LogP contribution in [-0.4, -0.2) is 46.2 Å². The van der Waals surface area contributed by atoms with E-state index in [1.165, 1.54) is 25.7 Å². The Kier molecular flexibility index (Phi) is 6.70. The van der Waals surface area contributed by atoms with E-state index in [1.807, 2.05) is 36.8 Å². The van der Waals surface area contributed by atoms with Gasteiger partial charge in [-0.3, -0.25) is 14.5 Å². The van der Waals surface area contributed by atoms with Gasteiger partial charge in [0.2, 0.25) is 5.91 Å². The number of guanidine groups is 1. The predicted octanol–water partition coefficient (Wildman–Crippen LogP) is 1.71. The maximum atomic E-state index is 12.2. The Hall–Kier alpha value is -1.32. The van der Waals surface area contributed by atoms with Crippen LogP contribution in [0.25, 0.3) is 0 Å². The van der Waals surface area contributed by atoms with Crippen LogP contribution in [0.2, 0.25) is 0 Å². The lowest BCUT2D eigenvalue weighted by Gasteiger charge is -2.24. The van der Waals surface area contributed by atoms with Crippen LogP contribution in [0.1, 0.15) is 49.4 Å². The SMILES string of the molecule is Cc1c([C@H]2[C@H](CN=C(N)NC3CCCC3)CC(=O)N2C)cnn1C.I. The van der Waals surface area contributed by atoms with Gasteiger partial charge >= 0.3 is 0 Å². The summed E-state index contributed by atoms with van der Waals surface area (Å²) in [7, 11) is 3.79. The molecule has 140 valence electrons. The number of likely N-dealkylation sites (tertiary alicyclic amines) is 1. The van der Waals surface area contributed by atoms with E-state index in [0.29, 0.717) is 25.0 Å². The van der Waals surface area contributed by atoms with Crippen molar-refractivity contribution < 1.29 is 4.79 Å². The molecule has 1 aliphatic carbocycles. The number of amides is 1. The van der Waals surface area contributed by atoms with E-state index < -0.39 is 0 Å². The van der Waals surface area contributed by atoms with Crippen LogP contribution < -0.4 is 11.1 Å². The summed E-state index contributed by atoms with van der Waals surface area (Å²) in [6.45, 7) is 2.59. The van der Waals surface area contributed by atoms with Gasteiger partial charge in [-0.2, -0.15) is 5.10 Å². The molecule has 25 heavy (non-hydrogen) atoms. The molecule has 1 aliphatic heterocycles. The number of hydrogen-bond acceptors (Lipinski definition) is 3. The van der Waals surface area contributed by atoms with Crippen LogP contribution in [0.4, 0.5) is 0 Å². The lowest BCUT2D eigenvalue weighted by atomic mass is 9.94. The Morgan fingerprint density at radius 3 is 2.68 bits per heavy atom. The molecule has 8 heteroatoms. The van der Waals surface area contributed by atoms with Crippen LogP contribution in [-0.2, 0) is 11.8 Å². The molecule has 1 saturated carbocycles. The summed E-state index contributed by atoms with van der Waals surface area (Å²) in [4.78, 5) is 18.6. The number of nitrogens with zero attached hydrogens (tertiary/aromatic N) is 4. The molecule has 0 unspecified atom stereocenters. The Bertz CT molecular complexity index is 637. The summed E-state index contributed by atoms with van der Waals surface area (Å²) in [5.74, 6) is 0.797. The van der Waals surface area contributed by atoms with Crippen LogP contribution in [0, 0.1) is 12.8 Å². The van der Waals surface area contributed by atoms with Gasteiger partial charge < -0.3 is 16.0 Å². The van der Waals surface area contributed by atoms with E-state index in [-0.39, 0.29) is 41.8 Å². The molecule has 1 aromatic rings. The molecule has 7 nitrogen and oxygen atoms in total. The van der Waals surface area contributed by atoms with Gasteiger partial charge in [0.05, 0.1) is 12.2 Å². The van der Waals surface area contributed by atoms with Crippen molar-refractivity contribution in [2.45, 2.75) is 51.1 Å². The fourth-order valence-corrected chi connectivity index (χ4v) is 3.92. The lowest BCUT2D eigenvalue weighted by Crippen LogP contribution is -2.39. The minimum Gasteiger partial charge on any atom is -0.370 e. The topological polar surface area (TPSA) is 88.5 Å². The zero-order valence-electron chi connectivity index (χ0n) is 15.2. The molecule has 2 fully saturated rings. The van der Waals surface area contributed by atoms with Crippen molar-refractivity contribution in [3.05, 3.63) is 17.5 Å². The molecule has 1 saturated heterocycles. The maximum Gasteiger partial charge on any atom is 0.223 e. The second-order valence-electron chi connectivity index (χ2n) is 7.07. The maximum absolute atomic E-state index is 12.2.